The van der Waals surface area contributed by atoms with Gasteiger partial charge >= 0.3 is 5.97 Å². The summed E-state index contributed by atoms with van der Waals surface area (Å²) in [5, 5.41) is 11.2. The lowest BCUT2D eigenvalue weighted by Crippen LogP contribution is -2.48. The molecule has 0 spiro atoms. The van der Waals surface area contributed by atoms with Gasteiger partial charge < -0.3 is 14.7 Å². The number of anilines is 1. The molecule has 2 heterocycles. The van der Waals surface area contributed by atoms with E-state index in [2.05, 4.69) is 0 Å². The number of carbonyl (C=O) groups excluding carboxylic acids is 2. The first-order valence-electron chi connectivity index (χ1n) is 7.67. The summed E-state index contributed by atoms with van der Waals surface area (Å²) >= 11 is 0. The van der Waals surface area contributed by atoms with Gasteiger partial charge in [-0.15, -0.1) is 0 Å². The number of nitrogens with zero attached hydrogens (tertiary/aromatic N) is 1. The van der Waals surface area contributed by atoms with E-state index in [1.807, 2.05) is 36.4 Å². The van der Waals surface area contributed by atoms with Crippen molar-refractivity contribution in [1.82, 2.24) is 0 Å². The van der Waals surface area contributed by atoms with Crippen LogP contribution < -0.4 is 4.90 Å². The average Bonchev–Trinajstić information content (AvgIpc) is 3.13. The molecule has 2 atom stereocenters. The average molecular weight is 321 g/mol. The van der Waals surface area contributed by atoms with Crippen molar-refractivity contribution in [3.05, 3.63) is 77.9 Å². The minimum Gasteiger partial charge on any atom is -0.451 e. The van der Waals surface area contributed by atoms with Gasteiger partial charge in [0.1, 0.15) is 0 Å². The second-order valence-electron chi connectivity index (χ2n) is 5.88. The van der Waals surface area contributed by atoms with Gasteiger partial charge in [0.15, 0.2) is 6.10 Å². The summed E-state index contributed by atoms with van der Waals surface area (Å²) in [5.41, 5.74) is 0.137. The molecule has 2 unspecified atom stereocenters. The largest absolute Gasteiger partial charge is 0.451 e. The van der Waals surface area contributed by atoms with E-state index in [0.29, 0.717) is 17.8 Å². The number of fused-ring (bicyclic) bond motifs is 1. The van der Waals surface area contributed by atoms with Crippen molar-refractivity contribution in [3.8, 4) is 0 Å². The van der Waals surface area contributed by atoms with Gasteiger partial charge in [0, 0.05) is 11.6 Å². The summed E-state index contributed by atoms with van der Waals surface area (Å²) in [6.07, 6.45) is 1.65. The van der Waals surface area contributed by atoms with Crippen LogP contribution in [0.1, 0.15) is 11.1 Å². The fourth-order valence-electron chi connectivity index (χ4n) is 3.25. The smallest absolute Gasteiger partial charge is 0.331 e. The first-order chi connectivity index (χ1) is 11.6. The molecule has 120 valence electrons. The SMILES string of the molecule is O=C1C=CC(C2(O)C(=O)N(Cc3ccccc3)c3ccccc32)O1. The third kappa shape index (κ3) is 2.06. The molecule has 24 heavy (non-hydrogen) atoms. The van der Waals surface area contributed by atoms with Crippen LogP contribution in [0.2, 0.25) is 0 Å². The van der Waals surface area contributed by atoms with Crippen LogP contribution >= 0.6 is 0 Å². The highest BCUT2D eigenvalue weighted by Gasteiger charge is 2.56. The molecule has 0 saturated heterocycles. The van der Waals surface area contributed by atoms with Gasteiger partial charge in [-0.1, -0.05) is 48.5 Å². The van der Waals surface area contributed by atoms with Crippen molar-refractivity contribution < 1.29 is 19.4 Å². The maximum absolute atomic E-state index is 13.0. The molecule has 0 saturated carbocycles. The highest BCUT2D eigenvalue weighted by molar-refractivity contribution is 6.08. The number of ether oxygens (including phenoxy) is 1. The zero-order valence-electron chi connectivity index (χ0n) is 12.8. The van der Waals surface area contributed by atoms with Crippen molar-refractivity contribution >= 4 is 17.6 Å². The number of hydrogen-bond donors (Lipinski definition) is 1. The number of amides is 1. The molecule has 2 aliphatic heterocycles. The molecule has 1 N–H and O–H groups in total. The van der Waals surface area contributed by atoms with Crippen LogP contribution in [0.4, 0.5) is 5.69 Å². The van der Waals surface area contributed by atoms with Crippen LogP contribution in [-0.2, 0) is 26.5 Å². The second kappa shape index (κ2) is 5.32. The standard InChI is InChI=1S/C19H15NO4/c21-17-11-10-16(24-17)19(23)14-8-4-5-9-15(14)20(18(19)22)12-13-6-2-1-3-7-13/h1-11,16,23H,12H2. The van der Waals surface area contributed by atoms with Gasteiger partial charge in [0.05, 0.1) is 12.2 Å². The van der Waals surface area contributed by atoms with E-state index in [0.717, 1.165) is 5.56 Å². The first kappa shape index (κ1) is 14.7. The van der Waals surface area contributed by atoms with Gasteiger partial charge in [-0.2, -0.15) is 0 Å². The number of carbonyl (C=O) groups is 2. The Morgan fingerprint density at radius 2 is 1.75 bits per heavy atom. The molecule has 4 rings (SSSR count). The van der Waals surface area contributed by atoms with Crippen LogP contribution in [0.3, 0.4) is 0 Å². The minimum absolute atomic E-state index is 0.337. The monoisotopic (exact) mass is 321 g/mol. The third-order valence-corrected chi connectivity index (χ3v) is 4.42. The highest BCUT2D eigenvalue weighted by Crippen LogP contribution is 2.44. The molecule has 0 aliphatic carbocycles. The number of aliphatic hydroxyl groups is 1. The fourth-order valence-corrected chi connectivity index (χ4v) is 3.25. The molecular formula is C19H15NO4. The highest BCUT2D eigenvalue weighted by atomic mass is 16.6. The van der Waals surface area contributed by atoms with Gasteiger partial charge in [0.25, 0.3) is 5.91 Å². The Hall–Kier alpha value is -2.92. The predicted octanol–water partition coefficient (Wildman–Crippen LogP) is 1.90. The Balaban J connectivity index is 1.77. The molecule has 0 aromatic heterocycles. The first-order valence-corrected chi connectivity index (χ1v) is 7.67. The van der Waals surface area contributed by atoms with Crippen LogP contribution in [0.25, 0.3) is 0 Å². The Bertz CT molecular complexity index is 845. The lowest BCUT2D eigenvalue weighted by Gasteiger charge is -2.27. The van der Waals surface area contributed by atoms with E-state index in [4.69, 9.17) is 4.74 Å². The van der Waals surface area contributed by atoms with E-state index in [-0.39, 0.29) is 0 Å². The van der Waals surface area contributed by atoms with Gasteiger partial charge in [-0.25, -0.2) is 4.79 Å². The molecule has 1 amide bonds. The quantitative estimate of drug-likeness (QED) is 0.877. The number of esters is 1. The fraction of sp³-hybridized carbons (Fsp3) is 0.158. The number of para-hydroxylation sites is 1. The van der Waals surface area contributed by atoms with Crippen molar-refractivity contribution in [2.24, 2.45) is 0 Å². The maximum Gasteiger partial charge on any atom is 0.331 e. The third-order valence-electron chi connectivity index (χ3n) is 4.42. The molecular weight excluding hydrogens is 306 g/mol. The number of rotatable bonds is 3. The van der Waals surface area contributed by atoms with Crippen LogP contribution in [0.15, 0.2) is 66.7 Å². The number of benzene rings is 2. The molecule has 5 heteroatoms. The number of cyclic esters (lactones) is 1. The molecule has 5 nitrogen and oxygen atoms in total. The summed E-state index contributed by atoms with van der Waals surface area (Å²) in [6, 6.07) is 16.6. The van der Waals surface area contributed by atoms with Crippen molar-refractivity contribution in [3.63, 3.8) is 0 Å². The zero-order valence-corrected chi connectivity index (χ0v) is 12.8. The molecule has 0 radical (unpaired) electrons. The summed E-state index contributed by atoms with van der Waals surface area (Å²) in [4.78, 5) is 26.0. The Morgan fingerprint density at radius 1 is 1.04 bits per heavy atom. The molecule has 2 aromatic rings. The summed E-state index contributed by atoms with van der Waals surface area (Å²) in [5.74, 6) is -1.04. The summed E-state index contributed by atoms with van der Waals surface area (Å²) < 4.78 is 5.13. The Morgan fingerprint density at radius 3 is 2.46 bits per heavy atom. The van der Waals surface area contributed by atoms with E-state index in [1.165, 1.54) is 17.1 Å². The Labute approximate surface area is 138 Å². The van der Waals surface area contributed by atoms with Gasteiger partial charge in [0.2, 0.25) is 5.60 Å². The van der Waals surface area contributed by atoms with E-state index < -0.39 is 23.6 Å². The zero-order chi connectivity index (χ0) is 16.7. The van der Waals surface area contributed by atoms with Gasteiger partial charge in [-0.3, -0.25) is 4.79 Å². The van der Waals surface area contributed by atoms with Crippen molar-refractivity contribution in [1.29, 1.82) is 0 Å². The summed E-state index contributed by atoms with van der Waals surface area (Å²) in [7, 11) is 0. The topological polar surface area (TPSA) is 66.8 Å². The van der Waals surface area contributed by atoms with E-state index >= 15 is 0 Å². The molecule has 0 bridgehead atoms. The maximum atomic E-state index is 13.0. The summed E-state index contributed by atoms with van der Waals surface area (Å²) in [6.45, 7) is 0.337. The van der Waals surface area contributed by atoms with Crippen LogP contribution in [-0.4, -0.2) is 23.1 Å². The Kier molecular flexibility index (Phi) is 3.25. The molecule has 2 aromatic carbocycles. The lowest BCUT2D eigenvalue weighted by molar-refractivity contribution is -0.159. The number of hydrogen-bond acceptors (Lipinski definition) is 4. The van der Waals surface area contributed by atoms with E-state index in [9.17, 15) is 14.7 Å². The minimum atomic E-state index is -1.89. The predicted molar refractivity (Wildman–Crippen MR) is 87.0 cm³/mol. The van der Waals surface area contributed by atoms with Crippen molar-refractivity contribution in [2.75, 3.05) is 4.90 Å². The van der Waals surface area contributed by atoms with E-state index in [1.54, 1.807) is 18.2 Å². The van der Waals surface area contributed by atoms with Crippen LogP contribution in [0, 0.1) is 0 Å². The van der Waals surface area contributed by atoms with Crippen molar-refractivity contribution in [2.45, 2.75) is 18.2 Å². The van der Waals surface area contributed by atoms with Gasteiger partial charge in [-0.05, 0) is 17.7 Å². The lowest BCUT2D eigenvalue weighted by atomic mass is 9.89. The second-order valence-corrected chi connectivity index (χ2v) is 5.88. The molecule has 2 aliphatic rings. The molecule has 0 fully saturated rings. The normalized spacial score (nSPS) is 25.0. The van der Waals surface area contributed by atoms with Crippen LogP contribution in [0.5, 0.6) is 0 Å².